The van der Waals surface area contributed by atoms with Gasteiger partial charge in [0.15, 0.2) is 5.82 Å². The lowest BCUT2D eigenvalue weighted by molar-refractivity contribution is 0.414. The van der Waals surface area contributed by atoms with E-state index >= 15 is 0 Å². The molecule has 3 aromatic carbocycles. The highest BCUT2D eigenvalue weighted by Gasteiger charge is 2.15. The van der Waals surface area contributed by atoms with Crippen LogP contribution in [0.1, 0.15) is 12.7 Å². The average molecular weight is 355 g/mol. The molecule has 0 aliphatic rings. The molecule has 0 amide bonds. The summed E-state index contributed by atoms with van der Waals surface area (Å²) in [4.78, 5) is 0. The predicted octanol–water partition coefficient (Wildman–Crippen LogP) is 5.17. The molecule has 27 heavy (non-hydrogen) atoms. The van der Waals surface area contributed by atoms with Crippen LogP contribution < -0.4 is 4.74 Å². The third-order valence-corrected chi connectivity index (χ3v) is 4.61. The summed E-state index contributed by atoms with van der Waals surface area (Å²) in [5, 5.41) is 8.86. The second-order valence-electron chi connectivity index (χ2n) is 6.27. The van der Waals surface area contributed by atoms with Gasteiger partial charge in [-0.3, -0.25) is 4.57 Å². The highest BCUT2D eigenvalue weighted by molar-refractivity contribution is 5.68. The van der Waals surface area contributed by atoms with Gasteiger partial charge in [0.2, 0.25) is 0 Å². The monoisotopic (exact) mass is 355 g/mol. The van der Waals surface area contributed by atoms with Crippen LogP contribution in [0.2, 0.25) is 0 Å². The zero-order valence-electron chi connectivity index (χ0n) is 15.5. The number of aromatic nitrogens is 3. The summed E-state index contributed by atoms with van der Waals surface area (Å²) in [6.45, 7) is 2.09. The van der Waals surface area contributed by atoms with E-state index in [-0.39, 0.29) is 0 Å². The van der Waals surface area contributed by atoms with Crippen LogP contribution >= 0.6 is 0 Å². The molecule has 1 aromatic heterocycles. The van der Waals surface area contributed by atoms with Gasteiger partial charge in [0.25, 0.3) is 0 Å². The van der Waals surface area contributed by atoms with Gasteiger partial charge < -0.3 is 4.74 Å². The molecule has 4 rings (SSSR count). The van der Waals surface area contributed by atoms with E-state index in [4.69, 9.17) is 4.74 Å². The number of nitrogens with zero attached hydrogens (tertiary/aromatic N) is 3. The van der Waals surface area contributed by atoms with Gasteiger partial charge in [-0.15, -0.1) is 10.2 Å². The summed E-state index contributed by atoms with van der Waals surface area (Å²) >= 11 is 0. The van der Waals surface area contributed by atoms with Crippen LogP contribution in [0.4, 0.5) is 0 Å². The predicted molar refractivity (Wildman–Crippen MR) is 108 cm³/mol. The maximum absolute atomic E-state index is 5.38. The Morgan fingerprint density at radius 3 is 2.19 bits per heavy atom. The van der Waals surface area contributed by atoms with Crippen LogP contribution in [0.3, 0.4) is 0 Å². The molecular formula is C23H21N3O. The zero-order valence-corrected chi connectivity index (χ0v) is 15.5. The third kappa shape index (κ3) is 3.34. The quantitative estimate of drug-likeness (QED) is 0.496. The molecule has 0 aliphatic heterocycles. The Bertz CT molecular complexity index is 1040. The number of hydrogen-bond donors (Lipinski definition) is 0. The molecule has 4 heteroatoms. The minimum absolute atomic E-state index is 0.798. The molecule has 0 radical (unpaired) electrons. The second-order valence-corrected chi connectivity index (χ2v) is 6.27. The lowest BCUT2D eigenvalue weighted by atomic mass is 10.0. The summed E-state index contributed by atoms with van der Waals surface area (Å²) < 4.78 is 7.48. The summed E-state index contributed by atoms with van der Waals surface area (Å²) in [5.74, 6) is 2.57. The van der Waals surface area contributed by atoms with Gasteiger partial charge in [-0.2, -0.15) is 0 Å². The van der Waals surface area contributed by atoms with E-state index in [9.17, 15) is 0 Å². The minimum Gasteiger partial charge on any atom is -0.497 e. The summed E-state index contributed by atoms with van der Waals surface area (Å²) in [7, 11) is 1.68. The van der Waals surface area contributed by atoms with Crippen LogP contribution in [0.15, 0.2) is 78.9 Å². The molecule has 0 bridgehead atoms. The van der Waals surface area contributed by atoms with Crippen LogP contribution in [-0.4, -0.2) is 21.9 Å². The van der Waals surface area contributed by atoms with Crippen molar-refractivity contribution in [2.24, 2.45) is 0 Å². The van der Waals surface area contributed by atoms with Crippen molar-refractivity contribution in [3.05, 3.63) is 84.7 Å². The van der Waals surface area contributed by atoms with Crippen molar-refractivity contribution in [2.45, 2.75) is 13.3 Å². The maximum Gasteiger partial charge on any atom is 0.168 e. The van der Waals surface area contributed by atoms with Crippen LogP contribution in [0, 0.1) is 0 Å². The smallest absolute Gasteiger partial charge is 0.168 e. The number of ether oxygens (including phenoxy) is 1. The number of hydrogen-bond acceptors (Lipinski definition) is 3. The Hall–Kier alpha value is -3.40. The SMILES string of the molecule is CCc1nnc(-c2ccc(-c3ccccc3)cc2)n1-c1cccc(OC)c1. The van der Waals surface area contributed by atoms with E-state index in [2.05, 4.69) is 70.2 Å². The first-order chi connectivity index (χ1) is 13.3. The topological polar surface area (TPSA) is 39.9 Å². The second kappa shape index (κ2) is 7.46. The molecule has 0 N–H and O–H groups in total. The molecular weight excluding hydrogens is 334 g/mol. The highest BCUT2D eigenvalue weighted by Crippen LogP contribution is 2.27. The lowest BCUT2D eigenvalue weighted by Gasteiger charge is -2.11. The summed E-state index contributed by atoms with van der Waals surface area (Å²) in [5.41, 5.74) is 4.41. The highest BCUT2D eigenvalue weighted by atomic mass is 16.5. The molecule has 0 atom stereocenters. The van der Waals surface area contributed by atoms with Crippen molar-refractivity contribution in [1.82, 2.24) is 14.8 Å². The van der Waals surface area contributed by atoms with Crippen LogP contribution in [-0.2, 0) is 6.42 Å². The maximum atomic E-state index is 5.38. The van der Waals surface area contributed by atoms with Crippen LogP contribution in [0.25, 0.3) is 28.2 Å². The van der Waals surface area contributed by atoms with Gasteiger partial charge in [-0.25, -0.2) is 0 Å². The van der Waals surface area contributed by atoms with Crippen molar-refractivity contribution < 1.29 is 4.74 Å². The molecule has 0 saturated heterocycles. The zero-order chi connectivity index (χ0) is 18.6. The largest absolute Gasteiger partial charge is 0.497 e. The normalized spacial score (nSPS) is 10.7. The molecule has 134 valence electrons. The van der Waals surface area contributed by atoms with E-state index < -0.39 is 0 Å². The van der Waals surface area contributed by atoms with Gasteiger partial charge in [-0.05, 0) is 23.3 Å². The van der Waals surface area contributed by atoms with Crippen LogP contribution in [0.5, 0.6) is 5.75 Å². The molecule has 1 heterocycles. The van der Waals surface area contributed by atoms with Crippen molar-refractivity contribution >= 4 is 0 Å². The average Bonchev–Trinajstić information content (AvgIpc) is 3.19. The van der Waals surface area contributed by atoms with Crippen molar-refractivity contribution in [3.63, 3.8) is 0 Å². The molecule has 0 saturated carbocycles. The first-order valence-electron chi connectivity index (χ1n) is 9.04. The fourth-order valence-electron chi connectivity index (χ4n) is 3.20. The minimum atomic E-state index is 0.798. The Kier molecular flexibility index (Phi) is 4.71. The summed E-state index contributed by atoms with van der Waals surface area (Å²) in [6, 6.07) is 26.8. The Labute approximate surface area is 159 Å². The van der Waals surface area contributed by atoms with Gasteiger partial charge in [0, 0.05) is 18.1 Å². The Morgan fingerprint density at radius 2 is 1.48 bits per heavy atom. The van der Waals surface area contributed by atoms with E-state index in [1.807, 2.05) is 30.3 Å². The molecule has 0 spiro atoms. The van der Waals surface area contributed by atoms with E-state index in [1.165, 1.54) is 11.1 Å². The number of rotatable bonds is 5. The third-order valence-electron chi connectivity index (χ3n) is 4.61. The van der Waals surface area contributed by atoms with E-state index in [0.29, 0.717) is 0 Å². The van der Waals surface area contributed by atoms with E-state index in [1.54, 1.807) is 7.11 Å². The van der Waals surface area contributed by atoms with E-state index in [0.717, 1.165) is 35.1 Å². The van der Waals surface area contributed by atoms with Crippen molar-refractivity contribution in [2.75, 3.05) is 7.11 Å². The number of methoxy groups -OCH3 is 1. The van der Waals surface area contributed by atoms with Crippen molar-refractivity contribution in [1.29, 1.82) is 0 Å². The Balaban J connectivity index is 1.77. The molecule has 0 aliphatic carbocycles. The summed E-state index contributed by atoms with van der Waals surface area (Å²) in [6.07, 6.45) is 0.798. The van der Waals surface area contributed by atoms with Gasteiger partial charge in [0.1, 0.15) is 11.6 Å². The molecule has 0 fully saturated rings. The van der Waals surface area contributed by atoms with Crippen molar-refractivity contribution in [3.8, 4) is 34.0 Å². The molecule has 0 unspecified atom stereocenters. The first kappa shape index (κ1) is 17.0. The Morgan fingerprint density at radius 1 is 0.778 bits per heavy atom. The fourth-order valence-corrected chi connectivity index (χ4v) is 3.20. The standard InChI is InChI=1S/C23H21N3O/c1-3-22-24-25-23(26(22)20-10-7-11-21(16-20)27-2)19-14-12-18(13-15-19)17-8-5-4-6-9-17/h4-16H,3H2,1-2H3. The first-order valence-corrected chi connectivity index (χ1v) is 9.04. The number of aryl methyl sites for hydroxylation is 1. The number of benzene rings is 3. The van der Waals surface area contributed by atoms with Gasteiger partial charge in [-0.1, -0.05) is 67.6 Å². The molecule has 4 aromatic rings. The lowest BCUT2D eigenvalue weighted by Crippen LogP contribution is -2.02. The fraction of sp³-hybridized carbons (Fsp3) is 0.130. The molecule has 4 nitrogen and oxygen atoms in total. The van der Waals surface area contributed by atoms with Gasteiger partial charge >= 0.3 is 0 Å². The van der Waals surface area contributed by atoms with Gasteiger partial charge in [0.05, 0.1) is 12.8 Å².